The van der Waals surface area contributed by atoms with Gasteiger partial charge in [-0.05, 0) is 31.2 Å². The van der Waals surface area contributed by atoms with Crippen LogP contribution < -0.4 is 10.5 Å². The predicted octanol–water partition coefficient (Wildman–Crippen LogP) is 2.64. The van der Waals surface area contributed by atoms with Crippen LogP contribution in [0.3, 0.4) is 0 Å². The lowest BCUT2D eigenvalue weighted by molar-refractivity contribution is 0.475. The summed E-state index contributed by atoms with van der Waals surface area (Å²) in [6, 6.07) is 10.6. The number of anilines is 1. The van der Waals surface area contributed by atoms with Crippen molar-refractivity contribution >= 4 is 5.69 Å². The number of aromatic nitrogens is 1. The molecule has 0 bridgehead atoms. The van der Waals surface area contributed by atoms with E-state index in [0.717, 1.165) is 5.69 Å². The molecule has 1 heterocycles. The van der Waals surface area contributed by atoms with Crippen LogP contribution in [-0.2, 0) is 0 Å². The van der Waals surface area contributed by atoms with Gasteiger partial charge in [-0.3, -0.25) is 4.98 Å². The fraction of sp³-hybridized carbons (Fsp3) is 0.0769. The highest BCUT2D eigenvalue weighted by molar-refractivity contribution is 5.57. The Kier molecular flexibility index (Phi) is 2.93. The van der Waals surface area contributed by atoms with E-state index in [1.54, 1.807) is 30.5 Å². The quantitative estimate of drug-likeness (QED) is 0.797. The Morgan fingerprint density at radius 3 is 2.88 bits per heavy atom. The number of hydrogen-bond acceptors (Lipinski definition) is 4. The largest absolute Gasteiger partial charge is 0.455 e. The molecule has 0 aliphatic carbocycles. The molecule has 0 saturated heterocycles. The highest BCUT2D eigenvalue weighted by Gasteiger charge is 2.04. The van der Waals surface area contributed by atoms with Crippen molar-refractivity contribution in [2.45, 2.75) is 6.92 Å². The van der Waals surface area contributed by atoms with Crippen LogP contribution in [0.25, 0.3) is 0 Å². The molecule has 0 aliphatic heterocycles. The molecule has 1 aromatic carbocycles. The minimum absolute atomic E-state index is 0.407. The van der Waals surface area contributed by atoms with Crippen molar-refractivity contribution in [1.82, 2.24) is 4.98 Å². The SMILES string of the molecule is Cc1ncccc1Oc1ccc(N)c(C#N)c1. The maximum Gasteiger partial charge on any atom is 0.148 e. The molecule has 0 fully saturated rings. The molecular formula is C13H11N3O. The minimum Gasteiger partial charge on any atom is -0.455 e. The van der Waals surface area contributed by atoms with Gasteiger partial charge in [0.05, 0.1) is 11.3 Å². The lowest BCUT2D eigenvalue weighted by atomic mass is 10.2. The zero-order valence-corrected chi connectivity index (χ0v) is 9.34. The van der Waals surface area contributed by atoms with E-state index < -0.39 is 0 Å². The van der Waals surface area contributed by atoms with Crippen molar-refractivity contribution in [3.63, 3.8) is 0 Å². The van der Waals surface area contributed by atoms with Gasteiger partial charge in [-0.2, -0.15) is 5.26 Å². The Bertz CT molecular complexity index is 587. The molecule has 84 valence electrons. The van der Waals surface area contributed by atoms with E-state index in [2.05, 4.69) is 4.98 Å². The summed E-state index contributed by atoms with van der Waals surface area (Å²) in [5.74, 6) is 1.24. The standard InChI is InChI=1S/C13H11N3O/c1-9-13(3-2-6-16-9)17-11-4-5-12(15)10(7-11)8-14/h2-7H,15H2,1H3. The van der Waals surface area contributed by atoms with E-state index in [0.29, 0.717) is 22.7 Å². The number of pyridine rings is 1. The molecule has 17 heavy (non-hydrogen) atoms. The molecule has 2 N–H and O–H groups in total. The number of nitriles is 1. The molecule has 2 rings (SSSR count). The molecular weight excluding hydrogens is 214 g/mol. The van der Waals surface area contributed by atoms with Crippen LogP contribution in [0, 0.1) is 18.3 Å². The van der Waals surface area contributed by atoms with Crippen LogP contribution in [0.5, 0.6) is 11.5 Å². The first-order valence-corrected chi connectivity index (χ1v) is 5.10. The van der Waals surface area contributed by atoms with Crippen LogP contribution in [0.15, 0.2) is 36.5 Å². The number of nitrogens with zero attached hydrogens (tertiary/aromatic N) is 2. The van der Waals surface area contributed by atoms with Crippen molar-refractivity contribution in [2.24, 2.45) is 0 Å². The Morgan fingerprint density at radius 2 is 2.18 bits per heavy atom. The topological polar surface area (TPSA) is 71.9 Å². The third-order valence-corrected chi connectivity index (χ3v) is 2.33. The fourth-order valence-corrected chi connectivity index (χ4v) is 1.40. The van der Waals surface area contributed by atoms with Crippen molar-refractivity contribution in [2.75, 3.05) is 5.73 Å². The smallest absolute Gasteiger partial charge is 0.148 e. The number of aryl methyl sites for hydroxylation is 1. The number of rotatable bonds is 2. The second-order valence-electron chi connectivity index (χ2n) is 3.55. The van der Waals surface area contributed by atoms with Crippen LogP contribution >= 0.6 is 0 Å². The normalized spacial score (nSPS) is 9.65. The van der Waals surface area contributed by atoms with E-state index in [9.17, 15) is 0 Å². The Morgan fingerprint density at radius 1 is 1.35 bits per heavy atom. The van der Waals surface area contributed by atoms with Crippen molar-refractivity contribution in [3.8, 4) is 17.6 Å². The fourth-order valence-electron chi connectivity index (χ4n) is 1.40. The second-order valence-corrected chi connectivity index (χ2v) is 3.55. The monoisotopic (exact) mass is 225 g/mol. The van der Waals surface area contributed by atoms with Gasteiger partial charge in [0.15, 0.2) is 0 Å². The lowest BCUT2D eigenvalue weighted by Crippen LogP contribution is -1.93. The van der Waals surface area contributed by atoms with E-state index in [1.807, 2.05) is 19.1 Å². The van der Waals surface area contributed by atoms with Crippen molar-refractivity contribution in [1.29, 1.82) is 5.26 Å². The van der Waals surface area contributed by atoms with Gasteiger partial charge in [0.2, 0.25) is 0 Å². The van der Waals surface area contributed by atoms with Gasteiger partial charge < -0.3 is 10.5 Å². The summed E-state index contributed by atoms with van der Waals surface area (Å²) in [7, 11) is 0. The number of hydrogen-bond donors (Lipinski definition) is 1. The molecule has 0 amide bonds. The molecule has 1 aromatic heterocycles. The van der Waals surface area contributed by atoms with Crippen LogP contribution in [-0.4, -0.2) is 4.98 Å². The first kappa shape index (κ1) is 11.0. The maximum absolute atomic E-state index is 8.87. The van der Waals surface area contributed by atoms with E-state index in [4.69, 9.17) is 15.7 Å². The van der Waals surface area contributed by atoms with Gasteiger partial charge in [-0.15, -0.1) is 0 Å². The summed E-state index contributed by atoms with van der Waals surface area (Å²) in [4.78, 5) is 4.12. The Balaban J connectivity index is 2.32. The summed E-state index contributed by atoms with van der Waals surface area (Å²) < 4.78 is 5.64. The first-order chi connectivity index (χ1) is 8.20. The van der Waals surface area contributed by atoms with Gasteiger partial charge in [0.1, 0.15) is 17.6 Å². The minimum atomic E-state index is 0.407. The summed E-state index contributed by atoms with van der Waals surface area (Å²) in [6.07, 6.45) is 1.70. The van der Waals surface area contributed by atoms with Crippen molar-refractivity contribution < 1.29 is 4.74 Å². The second kappa shape index (κ2) is 4.54. The lowest BCUT2D eigenvalue weighted by Gasteiger charge is -2.08. The third-order valence-electron chi connectivity index (χ3n) is 2.33. The Labute approximate surface area is 99.3 Å². The molecule has 0 spiro atoms. The summed E-state index contributed by atoms with van der Waals surface area (Å²) >= 11 is 0. The zero-order chi connectivity index (χ0) is 12.3. The molecule has 0 unspecified atom stereocenters. The van der Waals surface area contributed by atoms with Crippen LogP contribution in [0.2, 0.25) is 0 Å². The molecule has 4 nitrogen and oxygen atoms in total. The molecule has 4 heteroatoms. The van der Waals surface area contributed by atoms with Crippen LogP contribution in [0.4, 0.5) is 5.69 Å². The summed E-state index contributed by atoms with van der Waals surface area (Å²) in [5, 5.41) is 8.87. The number of benzene rings is 1. The van der Waals surface area contributed by atoms with Gasteiger partial charge in [0.25, 0.3) is 0 Å². The number of ether oxygens (including phenoxy) is 1. The number of nitrogens with two attached hydrogens (primary N) is 1. The molecule has 2 aromatic rings. The molecule has 0 saturated carbocycles. The van der Waals surface area contributed by atoms with Crippen molar-refractivity contribution in [3.05, 3.63) is 47.8 Å². The van der Waals surface area contributed by atoms with Gasteiger partial charge >= 0.3 is 0 Å². The predicted molar refractivity (Wildman–Crippen MR) is 64.6 cm³/mol. The molecule has 0 aliphatic rings. The highest BCUT2D eigenvalue weighted by Crippen LogP contribution is 2.25. The third kappa shape index (κ3) is 2.34. The average Bonchev–Trinajstić information content (AvgIpc) is 2.34. The van der Waals surface area contributed by atoms with E-state index in [1.165, 1.54) is 0 Å². The molecule has 0 atom stereocenters. The first-order valence-electron chi connectivity index (χ1n) is 5.10. The summed E-state index contributed by atoms with van der Waals surface area (Å²) in [5.41, 5.74) is 7.28. The van der Waals surface area contributed by atoms with Gasteiger partial charge in [-0.1, -0.05) is 0 Å². The summed E-state index contributed by atoms with van der Waals surface area (Å²) in [6.45, 7) is 1.86. The van der Waals surface area contributed by atoms with Crippen LogP contribution in [0.1, 0.15) is 11.3 Å². The highest BCUT2D eigenvalue weighted by atomic mass is 16.5. The van der Waals surface area contributed by atoms with E-state index >= 15 is 0 Å². The Hall–Kier alpha value is -2.54. The van der Waals surface area contributed by atoms with Gasteiger partial charge in [-0.25, -0.2) is 0 Å². The zero-order valence-electron chi connectivity index (χ0n) is 9.34. The number of nitrogen functional groups attached to an aromatic ring is 1. The average molecular weight is 225 g/mol. The van der Waals surface area contributed by atoms with E-state index in [-0.39, 0.29) is 0 Å². The molecule has 0 radical (unpaired) electrons. The maximum atomic E-state index is 8.87. The van der Waals surface area contributed by atoms with Gasteiger partial charge in [0, 0.05) is 18.0 Å².